The van der Waals surface area contributed by atoms with Gasteiger partial charge in [0.15, 0.2) is 0 Å². The zero-order chi connectivity index (χ0) is 33.8. The molecule has 0 aliphatic carbocycles. The molecule has 0 amide bonds. The van der Waals surface area contributed by atoms with Crippen LogP contribution in [0.3, 0.4) is 0 Å². The molecular formula is C47H33N3S. The molecule has 4 heteroatoms. The predicted molar refractivity (Wildman–Crippen MR) is 213 cm³/mol. The van der Waals surface area contributed by atoms with Gasteiger partial charge in [-0.05, 0) is 78.9 Å². The van der Waals surface area contributed by atoms with Crippen molar-refractivity contribution in [3.8, 4) is 11.4 Å². The van der Waals surface area contributed by atoms with E-state index in [-0.39, 0.29) is 0 Å². The van der Waals surface area contributed by atoms with Gasteiger partial charge in [-0.3, -0.25) is 4.98 Å². The molecule has 0 unspecified atom stereocenters. The van der Waals surface area contributed by atoms with Crippen LogP contribution in [-0.2, 0) is 0 Å². The topological polar surface area (TPSA) is 22.8 Å². The van der Waals surface area contributed by atoms with Crippen molar-refractivity contribution in [2.45, 2.75) is 19.6 Å². The summed E-state index contributed by atoms with van der Waals surface area (Å²) in [6.07, 6.45) is 3.97. The van der Waals surface area contributed by atoms with Crippen LogP contribution in [0.1, 0.15) is 0 Å². The SMILES string of the molecule is c1ccc(S(c2ccccc2)(c2ccccc2)c2ccc3c(c2)c2ccccc2n3-c2cncc(-n3c4ccccc4c4ccccc43)c2)cc1. The van der Waals surface area contributed by atoms with Crippen LogP contribution in [0, 0.1) is 0 Å². The monoisotopic (exact) mass is 671 g/mol. The molecule has 3 aromatic heterocycles. The fraction of sp³-hybridized carbons (Fsp3) is 0. The van der Waals surface area contributed by atoms with Crippen molar-refractivity contribution in [3.63, 3.8) is 0 Å². The molecule has 7 aromatic carbocycles. The lowest BCUT2D eigenvalue weighted by Crippen LogP contribution is -2.05. The minimum atomic E-state index is -1.83. The predicted octanol–water partition coefficient (Wildman–Crippen LogP) is 12.6. The summed E-state index contributed by atoms with van der Waals surface area (Å²) < 4.78 is 4.72. The fourth-order valence-electron chi connectivity index (χ4n) is 7.97. The van der Waals surface area contributed by atoms with E-state index >= 15 is 0 Å². The normalized spacial score (nSPS) is 12.2. The zero-order valence-electron chi connectivity index (χ0n) is 27.8. The van der Waals surface area contributed by atoms with Crippen LogP contribution < -0.4 is 0 Å². The number of hydrogen-bond donors (Lipinski definition) is 0. The molecular weight excluding hydrogens is 639 g/mol. The first-order chi connectivity index (χ1) is 25.3. The molecule has 3 heterocycles. The minimum absolute atomic E-state index is 1.03. The van der Waals surface area contributed by atoms with Gasteiger partial charge in [0.05, 0.1) is 45.8 Å². The van der Waals surface area contributed by atoms with E-state index in [0.717, 1.165) is 22.4 Å². The Morgan fingerprint density at radius 2 is 0.686 bits per heavy atom. The molecule has 0 atom stereocenters. The average Bonchev–Trinajstić information content (AvgIpc) is 3.72. The van der Waals surface area contributed by atoms with Gasteiger partial charge >= 0.3 is 0 Å². The highest BCUT2D eigenvalue weighted by Gasteiger charge is 2.33. The van der Waals surface area contributed by atoms with E-state index in [4.69, 9.17) is 4.98 Å². The highest BCUT2D eigenvalue weighted by Crippen LogP contribution is 2.73. The highest BCUT2D eigenvalue weighted by atomic mass is 32.3. The lowest BCUT2D eigenvalue weighted by molar-refractivity contribution is 1.09. The van der Waals surface area contributed by atoms with Crippen LogP contribution in [0.15, 0.2) is 220 Å². The molecule has 0 aliphatic heterocycles. The smallest absolute Gasteiger partial charge is 0.0666 e. The van der Waals surface area contributed by atoms with E-state index < -0.39 is 10.0 Å². The first-order valence-electron chi connectivity index (χ1n) is 17.3. The Balaban J connectivity index is 1.24. The standard InChI is InChI=1S/C47H33N3S/c1-4-16-36(17-5-1)51(37-18-6-2-7-19-37,38-20-8-3-9-21-38)39-28-29-47-43(31-39)42-24-12-15-27-46(42)50(47)35-30-34(32-48-33-35)49-44-25-13-10-22-40(44)41-23-11-14-26-45(41)49/h1-33H. The molecule has 0 fully saturated rings. The quantitative estimate of drug-likeness (QED) is 0.172. The molecule has 0 saturated heterocycles. The minimum Gasteiger partial charge on any atom is -0.308 e. The van der Waals surface area contributed by atoms with Crippen LogP contribution in [0.2, 0.25) is 0 Å². The Morgan fingerprint density at radius 1 is 0.314 bits per heavy atom. The molecule has 0 radical (unpaired) electrons. The number of benzene rings is 7. The Morgan fingerprint density at radius 3 is 1.14 bits per heavy atom. The summed E-state index contributed by atoms with van der Waals surface area (Å²) in [5.74, 6) is 0. The number of aromatic nitrogens is 3. The lowest BCUT2D eigenvalue weighted by Gasteiger charge is -2.42. The van der Waals surface area contributed by atoms with Crippen molar-refractivity contribution in [1.82, 2.24) is 14.1 Å². The van der Waals surface area contributed by atoms with Crippen LogP contribution in [0.25, 0.3) is 55.0 Å². The number of para-hydroxylation sites is 3. The van der Waals surface area contributed by atoms with Crippen molar-refractivity contribution in [2.75, 3.05) is 0 Å². The summed E-state index contributed by atoms with van der Waals surface area (Å²) in [7, 11) is -1.83. The van der Waals surface area contributed by atoms with Crippen LogP contribution >= 0.6 is 10.0 Å². The molecule has 0 aliphatic rings. The second kappa shape index (κ2) is 11.9. The second-order valence-electron chi connectivity index (χ2n) is 12.9. The van der Waals surface area contributed by atoms with E-state index in [2.05, 4.69) is 197 Å². The molecule has 3 nitrogen and oxygen atoms in total. The van der Waals surface area contributed by atoms with Crippen molar-refractivity contribution >= 4 is 53.6 Å². The lowest BCUT2D eigenvalue weighted by atomic mass is 10.1. The summed E-state index contributed by atoms with van der Waals surface area (Å²) in [5, 5.41) is 4.93. The molecule has 10 rings (SSSR count). The maximum atomic E-state index is 4.86. The zero-order valence-corrected chi connectivity index (χ0v) is 28.6. The summed E-state index contributed by atoms with van der Waals surface area (Å²) in [4.78, 5) is 10.1. The van der Waals surface area contributed by atoms with E-state index in [1.54, 1.807) is 0 Å². The number of hydrogen-bond acceptors (Lipinski definition) is 1. The number of nitrogens with zero attached hydrogens (tertiary/aromatic N) is 3. The largest absolute Gasteiger partial charge is 0.308 e. The van der Waals surface area contributed by atoms with Gasteiger partial charge in [0.1, 0.15) is 0 Å². The summed E-state index contributed by atoms with van der Waals surface area (Å²) in [5.41, 5.74) is 6.72. The number of pyridine rings is 1. The van der Waals surface area contributed by atoms with E-state index in [0.29, 0.717) is 0 Å². The van der Waals surface area contributed by atoms with Crippen molar-refractivity contribution in [3.05, 3.63) is 200 Å². The Bertz CT molecular complexity index is 2700. The summed E-state index contributed by atoms with van der Waals surface area (Å²) in [6.45, 7) is 0. The first-order valence-corrected chi connectivity index (χ1v) is 18.9. The van der Waals surface area contributed by atoms with Gasteiger partial charge in [-0.15, -0.1) is 10.0 Å². The van der Waals surface area contributed by atoms with E-state index in [9.17, 15) is 0 Å². The van der Waals surface area contributed by atoms with Gasteiger partial charge in [-0.2, -0.15) is 0 Å². The van der Waals surface area contributed by atoms with Crippen LogP contribution in [0.5, 0.6) is 0 Å². The number of fused-ring (bicyclic) bond motifs is 6. The fourth-order valence-corrected chi connectivity index (χ4v) is 11.9. The highest BCUT2D eigenvalue weighted by molar-refractivity contribution is 8.34. The third-order valence-electron chi connectivity index (χ3n) is 10.1. The second-order valence-corrected chi connectivity index (χ2v) is 16.0. The maximum Gasteiger partial charge on any atom is 0.0666 e. The van der Waals surface area contributed by atoms with Gasteiger partial charge in [-0.25, -0.2) is 0 Å². The van der Waals surface area contributed by atoms with Gasteiger partial charge in [0, 0.05) is 41.1 Å². The maximum absolute atomic E-state index is 4.86. The van der Waals surface area contributed by atoms with Crippen molar-refractivity contribution < 1.29 is 0 Å². The molecule has 0 spiro atoms. The third kappa shape index (κ3) is 4.50. The Kier molecular flexibility index (Phi) is 6.90. The summed E-state index contributed by atoms with van der Waals surface area (Å²) >= 11 is 0. The molecule has 10 aromatic rings. The van der Waals surface area contributed by atoms with E-state index in [1.807, 2.05) is 12.4 Å². The van der Waals surface area contributed by atoms with Gasteiger partial charge in [0.2, 0.25) is 0 Å². The third-order valence-corrected chi connectivity index (χ3v) is 14.0. The average molecular weight is 672 g/mol. The van der Waals surface area contributed by atoms with Gasteiger partial charge < -0.3 is 9.13 Å². The van der Waals surface area contributed by atoms with Gasteiger partial charge in [0.25, 0.3) is 0 Å². The van der Waals surface area contributed by atoms with E-state index in [1.165, 1.54) is 52.2 Å². The molecule has 242 valence electrons. The van der Waals surface area contributed by atoms with Gasteiger partial charge in [-0.1, -0.05) is 109 Å². The van der Waals surface area contributed by atoms with Crippen molar-refractivity contribution in [2.24, 2.45) is 0 Å². The van der Waals surface area contributed by atoms with Crippen molar-refractivity contribution in [1.29, 1.82) is 0 Å². The molecule has 0 N–H and O–H groups in total. The molecule has 0 bridgehead atoms. The number of rotatable bonds is 6. The van der Waals surface area contributed by atoms with Crippen LogP contribution in [0.4, 0.5) is 0 Å². The van der Waals surface area contributed by atoms with Crippen LogP contribution in [-0.4, -0.2) is 14.1 Å². The Hall–Kier alpha value is -6.36. The first kappa shape index (κ1) is 29.5. The summed E-state index contributed by atoms with van der Waals surface area (Å²) in [6, 6.07) is 68.6. The molecule has 51 heavy (non-hydrogen) atoms. The molecule has 0 saturated carbocycles. The Labute approximate surface area is 298 Å².